The van der Waals surface area contributed by atoms with Crippen molar-refractivity contribution >= 4 is 15.8 Å². The number of sulfone groups is 1. The minimum Gasteiger partial charge on any atom is -0.480 e. The quantitative estimate of drug-likeness (QED) is 0.652. The molecule has 1 fully saturated rings. The van der Waals surface area contributed by atoms with Crippen molar-refractivity contribution in [2.45, 2.75) is 38.3 Å². The molecule has 1 aliphatic rings. The fourth-order valence-corrected chi connectivity index (χ4v) is 4.07. The zero-order valence-electron chi connectivity index (χ0n) is 11.6. The van der Waals surface area contributed by atoms with Crippen molar-refractivity contribution in [3.05, 3.63) is 0 Å². The van der Waals surface area contributed by atoms with Crippen LogP contribution in [0.4, 0.5) is 0 Å². The van der Waals surface area contributed by atoms with Crippen molar-refractivity contribution < 1.29 is 18.3 Å². The molecule has 112 valence electrons. The van der Waals surface area contributed by atoms with Crippen LogP contribution >= 0.6 is 0 Å². The number of nitrogens with zero attached hydrogens (tertiary/aromatic N) is 1. The lowest BCUT2D eigenvalue weighted by molar-refractivity contribution is -0.139. The fourth-order valence-electron chi connectivity index (χ4n) is 2.27. The van der Waals surface area contributed by atoms with Gasteiger partial charge in [-0.1, -0.05) is 6.92 Å². The van der Waals surface area contributed by atoms with Crippen molar-refractivity contribution in [1.82, 2.24) is 10.2 Å². The van der Waals surface area contributed by atoms with Gasteiger partial charge in [0, 0.05) is 12.6 Å². The van der Waals surface area contributed by atoms with Crippen LogP contribution in [0.15, 0.2) is 0 Å². The van der Waals surface area contributed by atoms with Gasteiger partial charge in [-0.15, -0.1) is 0 Å². The topological polar surface area (TPSA) is 86.7 Å². The summed E-state index contributed by atoms with van der Waals surface area (Å²) in [6.45, 7) is 3.26. The average Bonchev–Trinajstić information content (AvgIpc) is 2.69. The van der Waals surface area contributed by atoms with E-state index in [1.54, 1.807) is 0 Å². The highest BCUT2D eigenvalue weighted by Crippen LogP contribution is 2.16. The Hall–Kier alpha value is -0.660. The Morgan fingerprint density at radius 2 is 2.21 bits per heavy atom. The first-order chi connectivity index (χ1) is 8.85. The van der Waals surface area contributed by atoms with Gasteiger partial charge in [0.25, 0.3) is 0 Å². The molecule has 6 nitrogen and oxygen atoms in total. The molecule has 0 aromatic rings. The molecule has 1 saturated heterocycles. The molecule has 0 aliphatic carbocycles. The van der Waals surface area contributed by atoms with Gasteiger partial charge < -0.3 is 15.3 Å². The molecule has 0 spiro atoms. The van der Waals surface area contributed by atoms with E-state index < -0.39 is 21.8 Å². The predicted molar refractivity (Wildman–Crippen MR) is 74.0 cm³/mol. The van der Waals surface area contributed by atoms with Gasteiger partial charge in [-0.05, 0) is 32.9 Å². The van der Waals surface area contributed by atoms with E-state index in [0.717, 1.165) is 6.42 Å². The van der Waals surface area contributed by atoms with Crippen LogP contribution in [-0.4, -0.2) is 68.1 Å². The van der Waals surface area contributed by atoms with E-state index >= 15 is 0 Å². The molecule has 19 heavy (non-hydrogen) atoms. The Morgan fingerprint density at radius 1 is 1.53 bits per heavy atom. The minimum atomic E-state index is -2.88. The van der Waals surface area contributed by atoms with E-state index in [4.69, 9.17) is 5.11 Å². The normalized spacial score (nSPS) is 23.6. The molecule has 1 heterocycles. The molecule has 0 radical (unpaired) electrons. The second-order valence-corrected chi connectivity index (χ2v) is 7.40. The maximum atomic E-state index is 11.4. The monoisotopic (exact) mass is 292 g/mol. The van der Waals surface area contributed by atoms with Crippen LogP contribution in [0.1, 0.15) is 26.2 Å². The number of aliphatic carboxylic acids is 1. The van der Waals surface area contributed by atoms with Gasteiger partial charge in [0.05, 0.1) is 11.5 Å². The lowest BCUT2D eigenvalue weighted by atomic mass is 10.1. The Balaban J connectivity index is 2.39. The lowest BCUT2D eigenvalue weighted by Gasteiger charge is -2.24. The van der Waals surface area contributed by atoms with Crippen LogP contribution in [0.25, 0.3) is 0 Å². The first-order valence-electron chi connectivity index (χ1n) is 6.72. The van der Waals surface area contributed by atoms with Crippen LogP contribution in [-0.2, 0) is 14.6 Å². The van der Waals surface area contributed by atoms with Crippen LogP contribution < -0.4 is 5.32 Å². The van der Waals surface area contributed by atoms with E-state index in [0.29, 0.717) is 25.9 Å². The zero-order chi connectivity index (χ0) is 14.5. The molecule has 2 unspecified atom stereocenters. The third kappa shape index (κ3) is 5.46. The number of rotatable bonds is 8. The summed E-state index contributed by atoms with van der Waals surface area (Å²) in [5, 5.41) is 12.1. The van der Waals surface area contributed by atoms with Gasteiger partial charge in [0.15, 0.2) is 9.84 Å². The maximum Gasteiger partial charge on any atom is 0.320 e. The number of nitrogens with one attached hydrogen (secondary N) is 1. The molecule has 2 N–H and O–H groups in total. The summed E-state index contributed by atoms with van der Waals surface area (Å²) in [7, 11) is -1.02. The minimum absolute atomic E-state index is 0.0330. The third-order valence-electron chi connectivity index (χ3n) is 3.54. The predicted octanol–water partition coefficient (Wildman–Crippen LogP) is -0.0518. The van der Waals surface area contributed by atoms with E-state index in [9.17, 15) is 13.2 Å². The number of carbonyl (C=O) groups is 1. The zero-order valence-corrected chi connectivity index (χ0v) is 12.4. The van der Waals surface area contributed by atoms with E-state index in [-0.39, 0.29) is 17.5 Å². The summed E-state index contributed by atoms with van der Waals surface area (Å²) in [6, 6.07) is -0.522. The van der Waals surface area contributed by atoms with Crippen LogP contribution in [0.5, 0.6) is 0 Å². The standard InChI is InChI=1S/C12H24N2O4S/c1-3-6-13-11(12(15)16)4-7-14(2)10-5-8-19(17,18)9-10/h10-11,13H,3-9H2,1-2H3,(H,15,16). The molecular formula is C12H24N2O4S. The molecule has 2 atom stereocenters. The van der Waals surface area contributed by atoms with Gasteiger partial charge in [-0.2, -0.15) is 0 Å². The van der Waals surface area contributed by atoms with Crippen molar-refractivity contribution in [1.29, 1.82) is 0 Å². The van der Waals surface area contributed by atoms with Gasteiger partial charge in [-0.3, -0.25) is 4.79 Å². The lowest BCUT2D eigenvalue weighted by Crippen LogP contribution is -2.41. The number of hydrogen-bond acceptors (Lipinski definition) is 5. The highest BCUT2D eigenvalue weighted by atomic mass is 32.2. The summed E-state index contributed by atoms with van der Waals surface area (Å²) in [6.07, 6.45) is 2.03. The summed E-state index contributed by atoms with van der Waals surface area (Å²) in [5.74, 6) is -0.400. The van der Waals surface area contributed by atoms with E-state index in [1.807, 2.05) is 18.9 Å². The molecule has 1 rings (SSSR count). The van der Waals surface area contributed by atoms with Crippen molar-refractivity contribution in [2.75, 3.05) is 31.6 Å². The number of carboxylic acids is 1. The maximum absolute atomic E-state index is 11.4. The van der Waals surface area contributed by atoms with Gasteiger partial charge >= 0.3 is 5.97 Å². The molecule has 7 heteroatoms. The van der Waals surface area contributed by atoms with Crippen molar-refractivity contribution in [3.63, 3.8) is 0 Å². The van der Waals surface area contributed by atoms with Crippen molar-refractivity contribution in [3.8, 4) is 0 Å². The SMILES string of the molecule is CCCNC(CCN(C)C1CCS(=O)(=O)C1)C(=O)O. The molecule has 0 aromatic heterocycles. The molecular weight excluding hydrogens is 268 g/mol. The summed E-state index contributed by atoms with van der Waals surface area (Å²) >= 11 is 0. The smallest absolute Gasteiger partial charge is 0.320 e. The average molecular weight is 292 g/mol. The Bertz CT molecular complexity index is 397. The first-order valence-corrected chi connectivity index (χ1v) is 8.54. The number of carboxylic acid groups (broad SMARTS) is 1. The third-order valence-corrected chi connectivity index (χ3v) is 5.29. The van der Waals surface area contributed by atoms with Crippen molar-refractivity contribution in [2.24, 2.45) is 0 Å². The van der Waals surface area contributed by atoms with E-state index in [1.165, 1.54) is 0 Å². The van der Waals surface area contributed by atoms with E-state index in [2.05, 4.69) is 5.32 Å². The highest BCUT2D eigenvalue weighted by molar-refractivity contribution is 7.91. The molecule has 0 saturated carbocycles. The second-order valence-electron chi connectivity index (χ2n) is 5.17. The number of hydrogen-bond donors (Lipinski definition) is 2. The highest BCUT2D eigenvalue weighted by Gasteiger charge is 2.30. The molecule has 0 aromatic carbocycles. The molecule has 0 bridgehead atoms. The van der Waals surface area contributed by atoms with Crippen LogP contribution in [0, 0.1) is 0 Å². The Labute approximate surface area is 115 Å². The largest absolute Gasteiger partial charge is 0.480 e. The summed E-state index contributed by atoms with van der Waals surface area (Å²) in [5.41, 5.74) is 0. The van der Waals surface area contributed by atoms with Gasteiger partial charge in [0.1, 0.15) is 6.04 Å². The molecule has 0 amide bonds. The van der Waals surface area contributed by atoms with Gasteiger partial charge in [0.2, 0.25) is 0 Å². The Kier molecular flexibility index (Phi) is 6.22. The fraction of sp³-hybridized carbons (Fsp3) is 0.917. The Morgan fingerprint density at radius 3 is 2.68 bits per heavy atom. The van der Waals surface area contributed by atoms with Crippen LogP contribution in [0.2, 0.25) is 0 Å². The first kappa shape index (κ1) is 16.4. The summed E-state index contributed by atoms with van der Waals surface area (Å²) in [4.78, 5) is 13.0. The van der Waals surface area contributed by atoms with Crippen LogP contribution in [0.3, 0.4) is 0 Å². The van der Waals surface area contributed by atoms with Gasteiger partial charge in [-0.25, -0.2) is 8.42 Å². The summed E-state index contributed by atoms with van der Waals surface area (Å²) < 4.78 is 22.8. The second kappa shape index (κ2) is 7.21. The molecule has 1 aliphatic heterocycles.